The Morgan fingerprint density at radius 1 is 1.12 bits per heavy atom. The van der Waals surface area contributed by atoms with E-state index in [4.69, 9.17) is 6.58 Å². The first-order chi connectivity index (χ1) is 7.37. The lowest BCUT2D eigenvalue weighted by Crippen LogP contribution is -2.20. The van der Waals surface area contributed by atoms with Gasteiger partial charge in [-0.25, -0.2) is 0 Å². The van der Waals surface area contributed by atoms with E-state index in [9.17, 15) is 5.11 Å². The molecule has 0 aromatic heterocycles. The van der Waals surface area contributed by atoms with Gasteiger partial charge in [0, 0.05) is 0 Å². The average Bonchev–Trinajstić information content (AvgIpc) is 2.17. The van der Waals surface area contributed by atoms with Crippen molar-refractivity contribution in [2.24, 2.45) is 11.8 Å². The molecule has 1 nitrogen and oxygen atoms in total. The molecule has 0 bridgehead atoms. The molecule has 0 aliphatic heterocycles. The SMILES string of the molecule is [CH]=CC(C)(O)CCCC(C)CCCC(C)C. The van der Waals surface area contributed by atoms with E-state index < -0.39 is 5.60 Å². The Balaban J connectivity index is 3.50. The Morgan fingerprint density at radius 2 is 1.69 bits per heavy atom. The van der Waals surface area contributed by atoms with Crippen LogP contribution in [-0.2, 0) is 0 Å². The molecule has 95 valence electrons. The predicted molar refractivity (Wildman–Crippen MR) is 71.2 cm³/mol. The summed E-state index contributed by atoms with van der Waals surface area (Å²) in [4.78, 5) is 0. The summed E-state index contributed by atoms with van der Waals surface area (Å²) in [5.74, 6) is 1.59. The molecule has 2 atom stereocenters. The van der Waals surface area contributed by atoms with Crippen LogP contribution in [0.2, 0.25) is 0 Å². The Hall–Kier alpha value is -0.300. The lowest BCUT2D eigenvalue weighted by atomic mass is 9.92. The van der Waals surface area contributed by atoms with Gasteiger partial charge in [0.15, 0.2) is 0 Å². The van der Waals surface area contributed by atoms with E-state index in [-0.39, 0.29) is 0 Å². The topological polar surface area (TPSA) is 20.2 Å². The summed E-state index contributed by atoms with van der Waals surface area (Å²) in [6.07, 6.45) is 8.41. The van der Waals surface area contributed by atoms with Crippen molar-refractivity contribution in [3.63, 3.8) is 0 Å². The van der Waals surface area contributed by atoms with Crippen LogP contribution >= 0.6 is 0 Å². The van der Waals surface area contributed by atoms with Crippen LogP contribution in [0.15, 0.2) is 6.08 Å². The largest absolute Gasteiger partial charge is 0.386 e. The zero-order valence-corrected chi connectivity index (χ0v) is 11.5. The smallest absolute Gasteiger partial charge is 0.0802 e. The Kier molecular flexibility index (Phi) is 7.74. The first-order valence-corrected chi connectivity index (χ1v) is 6.66. The van der Waals surface area contributed by atoms with Crippen LogP contribution in [0.25, 0.3) is 0 Å². The van der Waals surface area contributed by atoms with E-state index in [1.165, 1.54) is 31.8 Å². The molecular formula is C15H29O. The molecular weight excluding hydrogens is 196 g/mol. The highest BCUT2D eigenvalue weighted by Crippen LogP contribution is 2.21. The van der Waals surface area contributed by atoms with E-state index in [1.807, 2.05) is 0 Å². The minimum atomic E-state index is -0.780. The minimum Gasteiger partial charge on any atom is -0.386 e. The first kappa shape index (κ1) is 15.7. The van der Waals surface area contributed by atoms with Crippen LogP contribution in [0.1, 0.15) is 66.2 Å². The summed E-state index contributed by atoms with van der Waals surface area (Å²) in [6, 6.07) is 0. The summed E-state index contributed by atoms with van der Waals surface area (Å²) in [5.41, 5.74) is -0.780. The summed E-state index contributed by atoms with van der Waals surface area (Å²) in [5, 5.41) is 9.70. The third kappa shape index (κ3) is 8.96. The minimum absolute atomic E-state index is 0.771. The van der Waals surface area contributed by atoms with Crippen molar-refractivity contribution >= 4 is 0 Å². The van der Waals surface area contributed by atoms with Gasteiger partial charge in [-0.3, -0.25) is 0 Å². The lowest BCUT2D eigenvalue weighted by Gasteiger charge is -2.19. The molecule has 0 aromatic carbocycles. The maximum Gasteiger partial charge on any atom is 0.0802 e. The molecule has 0 heterocycles. The van der Waals surface area contributed by atoms with Gasteiger partial charge in [-0.05, 0) is 25.2 Å². The number of hydrogen-bond acceptors (Lipinski definition) is 1. The zero-order valence-electron chi connectivity index (χ0n) is 11.5. The quantitative estimate of drug-likeness (QED) is 0.618. The maximum atomic E-state index is 9.70. The molecule has 0 fully saturated rings. The third-order valence-corrected chi connectivity index (χ3v) is 3.22. The Labute approximate surface area is 102 Å². The van der Waals surface area contributed by atoms with Gasteiger partial charge in [-0.2, -0.15) is 0 Å². The van der Waals surface area contributed by atoms with Gasteiger partial charge < -0.3 is 5.11 Å². The second-order valence-corrected chi connectivity index (χ2v) is 5.85. The second-order valence-electron chi connectivity index (χ2n) is 5.85. The zero-order chi connectivity index (χ0) is 12.6. The number of hydrogen-bond donors (Lipinski definition) is 1. The fourth-order valence-corrected chi connectivity index (χ4v) is 1.91. The highest BCUT2D eigenvalue weighted by atomic mass is 16.3. The van der Waals surface area contributed by atoms with E-state index >= 15 is 0 Å². The summed E-state index contributed by atoms with van der Waals surface area (Å²) < 4.78 is 0. The number of rotatable bonds is 9. The van der Waals surface area contributed by atoms with Crippen molar-refractivity contribution in [1.82, 2.24) is 0 Å². The molecule has 0 saturated carbocycles. The average molecular weight is 225 g/mol. The van der Waals surface area contributed by atoms with Crippen molar-refractivity contribution in [2.45, 2.75) is 71.8 Å². The molecule has 0 aliphatic carbocycles. The van der Waals surface area contributed by atoms with E-state index in [0.29, 0.717) is 0 Å². The summed E-state index contributed by atoms with van der Waals surface area (Å²) >= 11 is 0. The van der Waals surface area contributed by atoms with E-state index in [2.05, 4.69) is 20.8 Å². The van der Waals surface area contributed by atoms with Gasteiger partial charge >= 0.3 is 0 Å². The van der Waals surface area contributed by atoms with Crippen molar-refractivity contribution in [3.8, 4) is 0 Å². The maximum absolute atomic E-state index is 9.70. The van der Waals surface area contributed by atoms with Gasteiger partial charge in [0.2, 0.25) is 0 Å². The Morgan fingerprint density at radius 3 is 2.19 bits per heavy atom. The monoisotopic (exact) mass is 225 g/mol. The first-order valence-electron chi connectivity index (χ1n) is 6.66. The van der Waals surface area contributed by atoms with Crippen molar-refractivity contribution in [1.29, 1.82) is 0 Å². The van der Waals surface area contributed by atoms with Crippen molar-refractivity contribution < 1.29 is 5.11 Å². The Bertz CT molecular complexity index is 182. The highest BCUT2D eigenvalue weighted by molar-refractivity contribution is 4.89. The molecule has 16 heavy (non-hydrogen) atoms. The van der Waals surface area contributed by atoms with Crippen molar-refractivity contribution in [2.75, 3.05) is 0 Å². The fraction of sp³-hybridized carbons (Fsp3) is 0.867. The molecule has 0 rings (SSSR count). The van der Waals surface area contributed by atoms with Gasteiger partial charge in [-0.15, -0.1) is 0 Å². The molecule has 2 unspecified atom stereocenters. The molecule has 0 aliphatic rings. The molecule has 0 saturated heterocycles. The van der Waals surface area contributed by atoms with Gasteiger partial charge in [-0.1, -0.05) is 65.5 Å². The third-order valence-electron chi connectivity index (χ3n) is 3.22. The predicted octanol–water partition coefficient (Wildman–Crippen LogP) is 4.36. The van der Waals surface area contributed by atoms with Gasteiger partial charge in [0.25, 0.3) is 0 Å². The summed E-state index contributed by atoms with van der Waals surface area (Å²) in [6.45, 7) is 14.0. The summed E-state index contributed by atoms with van der Waals surface area (Å²) in [7, 11) is 0. The van der Waals surface area contributed by atoms with Gasteiger partial charge in [0.05, 0.1) is 5.60 Å². The fourth-order valence-electron chi connectivity index (χ4n) is 1.91. The standard InChI is InChI=1S/C15H29O/c1-6-15(5,16)12-8-11-14(4)10-7-9-13(2)3/h1,6,13-14,16H,7-12H2,2-5H3. The van der Waals surface area contributed by atoms with E-state index in [0.717, 1.165) is 24.7 Å². The van der Waals surface area contributed by atoms with Gasteiger partial charge in [0.1, 0.15) is 0 Å². The number of aliphatic hydroxyl groups is 1. The van der Waals surface area contributed by atoms with E-state index in [1.54, 1.807) is 6.92 Å². The lowest BCUT2D eigenvalue weighted by molar-refractivity contribution is 0.0971. The highest BCUT2D eigenvalue weighted by Gasteiger charge is 2.15. The van der Waals surface area contributed by atoms with Crippen LogP contribution in [-0.4, -0.2) is 10.7 Å². The molecule has 1 heteroatoms. The molecule has 1 N–H and O–H groups in total. The molecule has 0 amide bonds. The van der Waals surface area contributed by atoms with Crippen LogP contribution in [0.3, 0.4) is 0 Å². The van der Waals surface area contributed by atoms with Crippen LogP contribution < -0.4 is 0 Å². The molecule has 0 aromatic rings. The normalized spacial score (nSPS) is 17.1. The van der Waals surface area contributed by atoms with Crippen LogP contribution in [0, 0.1) is 18.4 Å². The van der Waals surface area contributed by atoms with Crippen LogP contribution in [0.4, 0.5) is 0 Å². The second kappa shape index (κ2) is 7.89. The molecule has 1 radical (unpaired) electrons. The van der Waals surface area contributed by atoms with Crippen LogP contribution in [0.5, 0.6) is 0 Å². The molecule has 0 spiro atoms. The van der Waals surface area contributed by atoms with Crippen molar-refractivity contribution in [3.05, 3.63) is 12.7 Å².